The third kappa shape index (κ3) is 4.65. The van der Waals surface area contributed by atoms with E-state index in [-0.39, 0.29) is 17.5 Å². The summed E-state index contributed by atoms with van der Waals surface area (Å²) in [5.74, 6) is 0.230. The molecule has 3 heteroatoms. The zero-order chi connectivity index (χ0) is 13.1. The van der Waals surface area contributed by atoms with Crippen molar-refractivity contribution >= 4 is 0 Å². The van der Waals surface area contributed by atoms with Crippen molar-refractivity contribution < 1.29 is 10.2 Å². The van der Waals surface area contributed by atoms with Crippen LogP contribution in [0.25, 0.3) is 0 Å². The molecule has 0 aromatic heterocycles. The Balaban J connectivity index is 2.55. The number of hydrogen-bond acceptors (Lipinski definition) is 3. The summed E-state index contributed by atoms with van der Waals surface area (Å²) in [6.07, 6.45) is 1.08. The molecule has 0 amide bonds. The molecule has 3 nitrogen and oxygen atoms in total. The molecule has 0 aliphatic carbocycles. The van der Waals surface area contributed by atoms with E-state index in [0.717, 1.165) is 18.5 Å². The molecule has 1 rings (SSSR count). The monoisotopic (exact) mass is 237 g/mol. The highest BCUT2D eigenvalue weighted by Gasteiger charge is 2.13. The van der Waals surface area contributed by atoms with Gasteiger partial charge in [0.2, 0.25) is 0 Å². The van der Waals surface area contributed by atoms with E-state index in [1.807, 2.05) is 6.92 Å². The first-order valence-corrected chi connectivity index (χ1v) is 6.05. The van der Waals surface area contributed by atoms with Crippen molar-refractivity contribution in [3.63, 3.8) is 0 Å². The van der Waals surface area contributed by atoms with Gasteiger partial charge in [-0.3, -0.25) is 0 Å². The fourth-order valence-electron chi connectivity index (χ4n) is 1.67. The molecule has 0 aliphatic rings. The van der Waals surface area contributed by atoms with Crippen molar-refractivity contribution in [2.45, 2.75) is 40.2 Å². The van der Waals surface area contributed by atoms with Crippen LogP contribution in [0, 0.1) is 5.41 Å². The van der Waals surface area contributed by atoms with Crippen LogP contribution < -0.4 is 5.32 Å². The van der Waals surface area contributed by atoms with Crippen molar-refractivity contribution in [1.29, 1.82) is 0 Å². The largest absolute Gasteiger partial charge is 0.508 e. The Labute approximate surface area is 103 Å². The van der Waals surface area contributed by atoms with Gasteiger partial charge in [0.05, 0.1) is 0 Å². The number of phenolic OH excluding ortho intramolecular Hbond substituents is 2. The molecule has 1 unspecified atom stereocenters. The molecule has 0 fully saturated rings. The third-order valence-electron chi connectivity index (χ3n) is 2.81. The normalized spacial score (nSPS) is 13.6. The van der Waals surface area contributed by atoms with E-state index in [2.05, 4.69) is 26.1 Å². The van der Waals surface area contributed by atoms with Gasteiger partial charge in [0, 0.05) is 17.7 Å². The first-order chi connectivity index (χ1) is 7.79. The van der Waals surface area contributed by atoms with E-state index in [1.165, 1.54) is 6.07 Å². The lowest BCUT2D eigenvalue weighted by molar-refractivity contribution is 0.356. The lowest BCUT2D eigenvalue weighted by Crippen LogP contribution is -2.23. The summed E-state index contributed by atoms with van der Waals surface area (Å²) in [5.41, 5.74) is 1.13. The summed E-state index contributed by atoms with van der Waals surface area (Å²) >= 11 is 0. The van der Waals surface area contributed by atoms with Crippen molar-refractivity contribution in [2.75, 3.05) is 6.54 Å². The Morgan fingerprint density at radius 2 is 1.88 bits per heavy atom. The topological polar surface area (TPSA) is 52.5 Å². The summed E-state index contributed by atoms with van der Waals surface area (Å²) in [4.78, 5) is 0. The number of nitrogens with one attached hydrogen (secondary N) is 1. The molecule has 1 aromatic rings. The maximum atomic E-state index is 9.72. The van der Waals surface area contributed by atoms with Crippen LogP contribution in [0.2, 0.25) is 0 Å². The fraction of sp³-hybridized carbons (Fsp3) is 0.571. The minimum absolute atomic E-state index is 0.0814. The number of rotatable bonds is 4. The molecule has 0 bridgehead atoms. The van der Waals surface area contributed by atoms with Gasteiger partial charge >= 0.3 is 0 Å². The quantitative estimate of drug-likeness (QED) is 0.754. The van der Waals surface area contributed by atoms with Gasteiger partial charge in [0.1, 0.15) is 11.5 Å². The predicted molar refractivity (Wildman–Crippen MR) is 70.3 cm³/mol. The summed E-state index contributed by atoms with van der Waals surface area (Å²) in [5, 5.41) is 22.3. The second-order valence-electron chi connectivity index (χ2n) is 5.73. The van der Waals surface area contributed by atoms with E-state index < -0.39 is 0 Å². The zero-order valence-electron chi connectivity index (χ0n) is 11.1. The molecular weight excluding hydrogens is 214 g/mol. The van der Waals surface area contributed by atoms with E-state index in [0.29, 0.717) is 5.41 Å². The lowest BCUT2D eigenvalue weighted by Gasteiger charge is -2.21. The van der Waals surface area contributed by atoms with Crippen molar-refractivity contribution in [3.05, 3.63) is 23.8 Å². The number of hydrogen-bond donors (Lipinski definition) is 3. The molecule has 96 valence electrons. The fourth-order valence-corrected chi connectivity index (χ4v) is 1.67. The van der Waals surface area contributed by atoms with Crippen molar-refractivity contribution in [1.82, 2.24) is 5.32 Å². The van der Waals surface area contributed by atoms with E-state index in [9.17, 15) is 10.2 Å². The van der Waals surface area contributed by atoms with Crippen LogP contribution in [0.1, 0.15) is 45.7 Å². The second-order valence-corrected chi connectivity index (χ2v) is 5.73. The highest BCUT2D eigenvalue weighted by atomic mass is 16.3. The first kappa shape index (κ1) is 13.8. The van der Waals surface area contributed by atoms with Gasteiger partial charge in [0.25, 0.3) is 0 Å². The molecule has 17 heavy (non-hydrogen) atoms. The van der Waals surface area contributed by atoms with E-state index in [1.54, 1.807) is 12.1 Å². The maximum absolute atomic E-state index is 9.72. The molecule has 0 spiro atoms. The molecule has 1 atom stereocenters. The lowest BCUT2D eigenvalue weighted by atomic mass is 9.92. The number of phenols is 2. The van der Waals surface area contributed by atoms with Crippen LogP contribution >= 0.6 is 0 Å². The molecule has 0 saturated carbocycles. The molecule has 0 radical (unpaired) electrons. The number of aromatic hydroxyl groups is 2. The smallest absolute Gasteiger partial charge is 0.124 e. The molecule has 1 aromatic carbocycles. The summed E-state index contributed by atoms with van der Waals surface area (Å²) in [6, 6.07) is 4.80. The molecule has 0 aliphatic heterocycles. The van der Waals surface area contributed by atoms with Crippen LogP contribution in [0.3, 0.4) is 0 Å². The van der Waals surface area contributed by atoms with Crippen LogP contribution in [-0.4, -0.2) is 16.8 Å². The van der Waals surface area contributed by atoms with Gasteiger partial charge in [-0.15, -0.1) is 0 Å². The van der Waals surface area contributed by atoms with Crippen molar-refractivity contribution in [3.8, 4) is 11.5 Å². The average molecular weight is 237 g/mol. The highest BCUT2D eigenvalue weighted by molar-refractivity contribution is 5.40. The zero-order valence-corrected chi connectivity index (χ0v) is 11.1. The highest BCUT2D eigenvalue weighted by Crippen LogP contribution is 2.28. The summed E-state index contributed by atoms with van der Waals surface area (Å²) < 4.78 is 0. The predicted octanol–water partition coefficient (Wildman–Crippen LogP) is 3.18. The Bertz CT molecular complexity index is 369. The van der Waals surface area contributed by atoms with Crippen LogP contribution in [-0.2, 0) is 0 Å². The molecule has 3 N–H and O–H groups in total. The van der Waals surface area contributed by atoms with Crippen LogP contribution in [0.4, 0.5) is 0 Å². The van der Waals surface area contributed by atoms with Crippen LogP contribution in [0.15, 0.2) is 18.2 Å². The van der Waals surface area contributed by atoms with Crippen molar-refractivity contribution in [2.24, 2.45) is 5.41 Å². The Morgan fingerprint density at radius 1 is 1.24 bits per heavy atom. The molecule has 0 heterocycles. The van der Waals surface area contributed by atoms with Gasteiger partial charge < -0.3 is 15.5 Å². The van der Waals surface area contributed by atoms with Gasteiger partial charge in [-0.2, -0.15) is 0 Å². The van der Waals surface area contributed by atoms with Gasteiger partial charge in [-0.1, -0.05) is 26.8 Å². The third-order valence-corrected chi connectivity index (χ3v) is 2.81. The first-order valence-electron chi connectivity index (χ1n) is 6.05. The van der Waals surface area contributed by atoms with Gasteiger partial charge in [-0.05, 0) is 31.4 Å². The summed E-state index contributed by atoms with van der Waals surface area (Å²) in [7, 11) is 0. The summed E-state index contributed by atoms with van der Waals surface area (Å²) in [6.45, 7) is 9.53. The standard InChI is InChI=1S/C14H23NO2/c1-10(15-8-7-14(2,3)4)12-6-5-11(16)9-13(12)17/h5-6,9-10,15-17H,7-8H2,1-4H3. The Morgan fingerprint density at radius 3 is 2.41 bits per heavy atom. The van der Waals surface area contributed by atoms with E-state index in [4.69, 9.17) is 0 Å². The number of benzene rings is 1. The Hall–Kier alpha value is -1.22. The molecule has 0 saturated heterocycles. The SMILES string of the molecule is CC(NCCC(C)(C)C)c1ccc(O)cc1O. The Kier molecular flexibility index (Phi) is 4.40. The average Bonchev–Trinajstić information content (AvgIpc) is 2.15. The van der Waals surface area contributed by atoms with Gasteiger partial charge in [-0.25, -0.2) is 0 Å². The van der Waals surface area contributed by atoms with Crippen LogP contribution in [0.5, 0.6) is 11.5 Å². The minimum Gasteiger partial charge on any atom is -0.508 e. The molecular formula is C14H23NO2. The maximum Gasteiger partial charge on any atom is 0.124 e. The minimum atomic E-state index is 0.0814. The van der Waals surface area contributed by atoms with Gasteiger partial charge in [0.15, 0.2) is 0 Å². The van der Waals surface area contributed by atoms with E-state index >= 15 is 0 Å². The second kappa shape index (κ2) is 5.41.